The summed E-state index contributed by atoms with van der Waals surface area (Å²) in [6.07, 6.45) is 0. The Morgan fingerprint density at radius 1 is 1.56 bits per heavy atom. The highest BCUT2D eigenvalue weighted by molar-refractivity contribution is 7.16. The highest BCUT2D eigenvalue weighted by Crippen LogP contribution is 2.28. The number of hydrogen-bond acceptors (Lipinski definition) is 5. The standard InChI is InChI=1S/C9H12ClN5S/c1-6(7-3-4-8(10)16-7)15-9(5-11-2)12-13-14-15/h3-4,6,11H,5H2,1-2H3. The van der Waals surface area contributed by atoms with Crippen molar-refractivity contribution in [3.8, 4) is 0 Å². The lowest BCUT2D eigenvalue weighted by Gasteiger charge is -2.11. The summed E-state index contributed by atoms with van der Waals surface area (Å²) in [6.45, 7) is 2.70. The van der Waals surface area contributed by atoms with Gasteiger partial charge in [0.25, 0.3) is 0 Å². The van der Waals surface area contributed by atoms with Crippen LogP contribution in [0.1, 0.15) is 23.7 Å². The fourth-order valence-corrected chi connectivity index (χ4v) is 2.56. The van der Waals surface area contributed by atoms with E-state index in [0.717, 1.165) is 15.0 Å². The normalized spacial score (nSPS) is 12.9. The van der Waals surface area contributed by atoms with Gasteiger partial charge in [-0.2, -0.15) is 0 Å². The molecule has 0 fully saturated rings. The van der Waals surface area contributed by atoms with Gasteiger partial charge in [-0.3, -0.25) is 0 Å². The average Bonchev–Trinajstić information content (AvgIpc) is 2.87. The Kier molecular flexibility index (Phi) is 3.52. The Hall–Kier alpha value is -0.980. The van der Waals surface area contributed by atoms with E-state index < -0.39 is 0 Å². The van der Waals surface area contributed by atoms with Crippen molar-refractivity contribution in [2.45, 2.75) is 19.5 Å². The molecular weight excluding hydrogens is 246 g/mol. The van der Waals surface area contributed by atoms with Crippen LogP contribution in [0.15, 0.2) is 12.1 Å². The van der Waals surface area contributed by atoms with Crippen LogP contribution >= 0.6 is 22.9 Å². The molecule has 0 amide bonds. The highest BCUT2D eigenvalue weighted by Gasteiger charge is 2.15. The van der Waals surface area contributed by atoms with Gasteiger partial charge in [-0.25, -0.2) is 4.68 Å². The van der Waals surface area contributed by atoms with E-state index in [1.54, 1.807) is 16.0 Å². The third kappa shape index (κ3) is 2.23. The molecule has 0 aliphatic carbocycles. The predicted octanol–water partition coefficient (Wildman–Crippen LogP) is 1.72. The van der Waals surface area contributed by atoms with Crippen molar-refractivity contribution in [3.63, 3.8) is 0 Å². The van der Waals surface area contributed by atoms with Crippen molar-refractivity contribution in [3.05, 3.63) is 27.2 Å². The van der Waals surface area contributed by atoms with E-state index in [1.165, 1.54) is 0 Å². The van der Waals surface area contributed by atoms with Gasteiger partial charge in [0.1, 0.15) is 0 Å². The van der Waals surface area contributed by atoms with Crippen molar-refractivity contribution in [2.24, 2.45) is 0 Å². The fraction of sp³-hybridized carbons (Fsp3) is 0.444. The van der Waals surface area contributed by atoms with Crippen LogP contribution in [0.3, 0.4) is 0 Å². The zero-order valence-electron chi connectivity index (χ0n) is 9.01. The molecule has 1 unspecified atom stereocenters. The molecule has 0 aliphatic heterocycles. The molecular formula is C9H12ClN5S. The molecule has 0 saturated carbocycles. The number of nitrogens with zero attached hydrogens (tertiary/aromatic N) is 4. The van der Waals surface area contributed by atoms with Gasteiger partial charge < -0.3 is 5.32 Å². The number of tetrazole rings is 1. The third-order valence-electron chi connectivity index (χ3n) is 2.27. The molecule has 0 saturated heterocycles. The molecule has 86 valence electrons. The average molecular weight is 258 g/mol. The monoisotopic (exact) mass is 257 g/mol. The van der Waals surface area contributed by atoms with E-state index in [-0.39, 0.29) is 6.04 Å². The zero-order valence-corrected chi connectivity index (χ0v) is 10.6. The van der Waals surface area contributed by atoms with Crippen molar-refractivity contribution in [2.75, 3.05) is 7.05 Å². The molecule has 2 heterocycles. The van der Waals surface area contributed by atoms with Gasteiger partial charge in [0.15, 0.2) is 5.82 Å². The molecule has 5 nitrogen and oxygen atoms in total. The van der Waals surface area contributed by atoms with Crippen LogP contribution in [-0.2, 0) is 6.54 Å². The van der Waals surface area contributed by atoms with Crippen LogP contribution in [0, 0.1) is 0 Å². The number of thiophene rings is 1. The first-order valence-electron chi connectivity index (χ1n) is 4.89. The minimum absolute atomic E-state index is 0.107. The lowest BCUT2D eigenvalue weighted by molar-refractivity contribution is 0.519. The molecule has 0 bridgehead atoms. The molecule has 2 aromatic heterocycles. The quantitative estimate of drug-likeness (QED) is 0.906. The number of hydrogen-bond donors (Lipinski definition) is 1. The van der Waals surface area contributed by atoms with Gasteiger partial charge >= 0.3 is 0 Å². The second kappa shape index (κ2) is 4.90. The van der Waals surface area contributed by atoms with Crippen molar-refractivity contribution >= 4 is 22.9 Å². The molecule has 16 heavy (non-hydrogen) atoms. The summed E-state index contributed by atoms with van der Waals surface area (Å²) in [7, 11) is 1.87. The lowest BCUT2D eigenvalue weighted by Crippen LogP contribution is -2.16. The molecule has 2 aromatic rings. The summed E-state index contributed by atoms with van der Waals surface area (Å²) in [5.41, 5.74) is 0. The fourth-order valence-electron chi connectivity index (χ4n) is 1.46. The third-order valence-corrected chi connectivity index (χ3v) is 3.67. The van der Waals surface area contributed by atoms with Gasteiger partial charge in [-0.05, 0) is 36.5 Å². The van der Waals surface area contributed by atoms with Crippen LogP contribution < -0.4 is 5.32 Å². The number of aromatic nitrogens is 4. The van der Waals surface area contributed by atoms with Gasteiger partial charge in [-0.1, -0.05) is 11.6 Å². The van der Waals surface area contributed by atoms with Crippen LogP contribution in [0.2, 0.25) is 4.34 Å². The SMILES string of the molecule is CNCc1nnnn1C(C)c1ccc(Cl)s1. The second-order valence-corrected chi connectivity index (χ2v) is 5.13. The van der Waals surface area contributed by atoms with Crippen LogP contribution in [-0.4, -0.2) is 27.3 Å². The second-order valence-electron chi connectivity index (χ2n) is 3.39. The Morgan fingerprint density at radius 2 is 2.38 bits per heavy atom. The smallest absolute Gasteiger partial charge is 0.165 e. The molecule has 2 rings (SSSR count). The number of halogens is 1. The topological polar surface area (TPSA) is 55.6 Å². The minimum atomic E-state index is 0.107. The molecule has 0 aliphatic rings. The summed E-state index contributed by atoms with van der Waals surface area (Å²) in [4.78, 5) is 1.15. The largest absolute Gasteiger partial charge is 0.313 e. The summed E-state index contributed by atoms with van der Waals surface area (Å²) in [5.74, 6) is 0.819. The maximum atomic E-state index is 5.91. The maximum absolute atomic E-state index is 5.91. The molecule has 0 aromatic carbocycles. The summed E-state index contributed by atoms with van der Waals surface area (Å²) < 4.78 is 2.59. The van der Waals surface area contributed by atoms with Gasteiger partial charge in [0.05, 0.1) is 16.9 Å². The Bertz CT molecular complexity index is 466. The van der Waals surface area contributed by atoms with E-state index in [1.807, 2.05) is 19.2 Å². The van der Waals surface area contributed by atoms with Crippen LogP contribution in [0.4, 0.5) is 0 Å². The number of nitrogens with one attached hydrogen (secondary N) is 1. The van der Waals surface area contributed by atoms with E-state index in [9.17, 15) is 0 Å². The van der Waals surface area contributed by atoms with Crippen molar-refractivity contribution < 1.29 is 0 Å². The van der Waals surface area contributed by atoms with E-state index in [0.29, 0.717) is 6.54 Å². The van der Waals surface area contributed by atoms with E-state index >= 15 is 0 Å². The minimum Gasteiger partial charge on any atom is -0.313 e. The first-order chi connectivity index (χ1) is 7.72. The number of rotatable bonds is 4. The molecule has 1 N–H and O–H groups in total. The van der Waals surface area contributed by atoms with Crippen molar-refractivity contribution in [1.29, 1.82) is 0 Å². The highest BCUT2D eigenvalue weighted by atomic mass is 35.5. The first kappa shape index (κ1) is 11.5. The van der Waals surface area contributed by atoms with E-state index in [4.69, 9.17) is 11.6 Å². The molecule has 1 atom stereocenters. The van der Waals surface area contributed by atoms with Gasteiger partial charge in [0.2, 0.25) is 0 Å². The van der Waals surface area contributed by atoms with E-state index in [2.05, 4.69) is 27.8 Å². The zero-order chi connectivity index (χ0) is 11.5. The van der Waals surface area contributed by atoms with Gasteiger partial charge in [-0.15, -0.1) is 16.4 Å². The molecule has 0 spiro atoms. The Labute approximate surface area is 102 Å². The van der Waals surface area contributed by atoms with Crippen molar-refractivity contribution in [1.82, 2.24) is 25.5 Å². The summed E-state index contributed by atoms with van der Waals surface area (Å²) >= 11 is 7.46. The first-order valence-corrected chi connectivity index (χ1v) is 6.08. The summed E-state index contributed by atoms with van der Waals surface area (Å²) in [6, 6.07) is 4.00. The summed E-state index contributed by atoms with van der Waals surface area (Å²) in [5, 5.41) is 14.7. The lowest BCUT2D eigenvalue weighted by atomic mass is 10.3. The molecule has 7 heteroatoms. The predicted molar refractivity (Wildman–Crippen MR) is 63.7 cm³/mol. The van der Waals surface area contributed by atoms with Gasteiger partial charge in [0, 0.05) is 4.88 Å². The van der Waals surface area contributed by atoms with Crippen LogP contribution in [0.5, 0.6) is 0 Å². The maximum Gasteiger partial charge on any atom is 0.165 e. The molecule has 0 radical (unpaired) electrons. The Balaban J connectivity index is 2.26. The Morgan fingerprint density at radius 3 is 3.00 bits per heavy atom. The van der Waals surface area contributed by atoms with Crippen LogP contribution in [0.25, 0.3) is 0 Å².